The van der Waals surface area contributed by atoms with Crippen LogP contribution in [0.25, 0.3) is 0 Å². The normalized spacial score (nSPS) is 12.0. The fourth-order valence-electron chi connectivity index (χ4n) is 0.402. The number of hydrogen-bond donors (Lipinski definition) is 3. The van der Waals surface area contributed by atoms with Gasteiger partial charge in [0.1, 0.15) is 6.61 Å². The first-order chi connectivity index (χ1) is 4.62. The summed E-state index contributed by atoms with van der Waals surface area (Å²) >= 11 is 0. The minimum absolute atomic E-state index is 0.0974. The minimum Gasteiger partial charge on any atom is -0.394 e. The van der Waals surface area contributed by atoms with E-state index in [1.807, 2.05) is 0 Å². The van der Waals surface area contributed by atoms with E-state index in [0.717, 1.165) is 0 Å². The van der Waals surface area contributed by atoms with Crippen LogP contribution < -0.4 is 0 Å². The van der Waals surface area contributed by atoms with Crippen molar-refractivity contribution in [1.29, 1.82) is 0 Å². The van der Waals surface area contributed by atoms with Crippen molar-refractivity contribution in [2.75, 3.05) is 19.8 Å². The monoisotopic (exact) mass is 150 g/mol. The SMILES string of the molecule is CCC(O)(O)COCCO. The van der Waals surface area contributed by atoms with E-state index < -0.39 is 5.79 Å². The van der Waals surface area contributed by atoms with Gasteiger partial charge in [0.05, 0.1) is 13.2 Å². The van der Waals surface area contributed by atoms with Crippen molar-refractivity contribution in [2.24, 2.45) is 0 Å². The number of aliphatic hydroxyl groups is 3. The average molecular weight is 150 g/mol. The molecule has 0 aromatic carbocycles. The molecule has 0 spiro atoms. The van der Waals surface area contributed by atoms with E-state index in [1.54, 1.807) is 6.92 Å². The van der Waals surface area contributed by atoms with E-state index in [2.05, 4.69) is 4.74 Å². The molecule has 4 nitrogen and oxygen atoms in total. The molecular weight excluding hydrogens is 136 g/mol. The van der Waals surface area contributed by atoms with Crippen LogP contribution in [0.1, 0.15) is 13.3 Å². The maximum atomic E-state index is 8.90. The molecule has 0 aromatic heterocycles. The van der Waals surface area contributed by atoms with E-state index in [0.29, 0.717) is 0 Å². The molecule has 4 heteroatoms. The molecule has 0 amide bonds. The topological polar surface area (TPSA) is 69.9 Å². The second-order valence-corrected chi connectivity index (χ2v) is 2.11. The molecule has 0 atom stereocenters. The highest BCUT2D eigenvalue weighted by molar-refractivity contribution is 4.58. The highest BCUT2D eigenvalue weighted by Gasteiger charge is 2.19. The van der Waals surface area contributed by atoms with Crippen molar-refractivity contribution >= 4 is 0 Å². The summed E-state index contributed by atoms with van der Waals surface area (Å²) in [6, 6.07) is 0. The Morgan fingerprint density at radius 3 is 2.40 bits per heavy atom. The van der Waals surface area contributed by atoms with Crippen molar-refractivity contribution in [3.63, 3.8) is 0 Å². The third-order valence-electron chi connectivity index (χ3n) is 1.14. The van der Waals surface area contributed by atoms with E-state index in [1.165, 1.54) is 0 Å². The first kappa shape index (κ1) is 9.84. The van der Waals surface area contributed by atoms with Crippen LogP contribution in [0, 0.1) is 0 Å². The van der Waals surface area contributed by atoms with Gasteiger partial charge in [-0.2, -0.15) is 0 Å². The highest BCUT2D eigenvalue weighted by Crippen LogP contribution is 2.04. The molecule has 62 valence electrons. The Morgan fingerprint density at radius 1 is 1.40 bits per heavy atom. The lowest BCUT2D eigenvalue weighted by molar-refractivity contribution is -0.199. The molecule has 0 heterocycles. The van der Waals surface area contributed by atoms with Crippen LogP contribution in [-0.4, -0.2) is 40.9 Å². The smallest absolute Gasteiger partial charge is 0.186 e. The van der Waals surface area contributed by atoms with Gasteiger partial charge in [-0.3, -0.25) is 0 Å². The van der Waals surface area contributed by atoms with Gasteiger partial charge >= 0.3 is 0 Å². The van der Waals surface area contributed by atoms with Gasteiger partial charge in [0.25, 0.3) is 0 Å². The van der Waals surface area contributed by atoms with Gasteiger partial charge in [0.2, 0.25) is 0 Å². The lowest BCUT2D eigenvalue weighted by Crippen LogP contribution is -2.33. The zero-order chi connectivity index (χ0) is 8.04. The van der Waals surface area contributed by atoms with Crippen LogP contribution in [0.5, 0.6) is 0 Å². The Hall–Kier alpha value is -0.160. The molecule has 0 aliphatic rings. The molecular formula is C6H14O4. The zero-order valence-corrected chi connectivity index (χ0v) is 6.08. The number of aliphatic hydroxyl groups excluding tert-OH is 1. The van der Waals surface area contributed by atoms with E-state index in [4.69, 9.17) is 15.3 Å². The van der Waals surface area contributed by atoms with Crippen LogP contribution in [0.2, 0.25) is 0 Å². The molecule has 0 saturated carbocycles. The molecule has 0 aliphatic carbocycles. The van der Waals surface area contributed by atoms with Gasteiger partial charge in [0.15, 0.2) is 5.79 Å². The van der Waals surface area contributed by atoms with Crippen LogP contribution in [-0.2, 0) is 4.74 Å². The van der Waals surface area contributed by atoms with Crippen molar-refractivity contribution in [1.82, 2.24) is 0 Å². The van der Waals surface area contributed by atoms with Gasteiger partial charge in [-0.05, 0) is 0 Å². The first-order valence-electron chi connectivity index (χ1n) is 3.26. The first-order valence-corrected chi connectivity index (χ1v) is 3.26. The largest absolute Gasteiger partial charge is 0.394 e. The summed E-state index contributed by atoms with van der Waals surface area (Å²) in [6.07, 6.45) is 0.221. The molecule has 0 aliphatic heterocycles. The molecule has 10 heavy (non-hydrogen) atoms. The Labute approximate surface area is 60.1 Å². The summed E-state index contributed by atoms with van der Waals surface area (Å²) in [7, 11) is 0. The summed E-state index contributed by atoms with van der Waals surface area (Å²) in [5.74, 6) is -1.74. The summed E-state index contributed by atoms with van der Waals surface area (Å²) in [4.78, 5) is 0. The zero-order valence-electron chi connectivity index (χ0n) is 6.08. The molecule has 0 unspecified atom stereocenters. The molecule has 3 N–H and O–H groups in total. The van der Waals surface area contributed by atoms with Crippen LogP contribution in [0.4, 0.5) is 0 Å². The maximum Gasteiger partial charge on any atom is 0.186 e. The molecule has 0 radical (unpaired) electrons. The predicted molar refractivity (Wildman–Crippen MR) is 35.4 cm³/mol. The average Bonchev–Trinajstić information content (AvgIpc) is 1.89. The predicted octanol–water partition coefficient (Wildman–Crippen LogP) is -0.914. The maximum absolute atomic E-state index is 8.90. The van der Waals surface area contributed by atoms with E-state index >= 15 is 0 Å². The number of hydrogen-bond acceptors (Lipinski definition) is 4. The third-order valence-corrected chi connectivity index (χ3v) is 1.14. The molecule has 0 bridgehead atoms. The molecule has 0 fully saturated rings. The second kappa shape index (κ2) is 4.62. The Morgan fingerprint density at radius 2 is 2.00 bits per heavy atom. The molecule has 0 saturated heterocycles. The van der Waals surface area contributed by atoms with Gasteiger partial charge in [-0.1, -0.05) is 6.92 Å². The quantitative estimate of drug-likeness (QED) is 0.350. The minimum atomic E-state index is -1.74. The summed E-state index contributed by atoms with van der Waals surface area (Å²) in [5, 5.41) is 26.0. The summed E-state index contributed by atoms with van der Waals surface area (Å²) < 4.78 is 4.69. The van der Waals surface area contributed by atoms with E-state index in [9.17, 15) is 0 Å². The van der Waals surface area contributed by atoms with Crippen molar-refractivity contribution < 1.29 is 20.1 Å². The summed E-state index contributed by atoms with van der Waals surface area (Å²) in [5.41, 5.74) is 0. The Balaban J connectivity index is 3.28. The lowest BCUT2D eigenvalue weighted by Gasteiger charge is -2.18. The van der Waals surface area contributed by atoms with Crippen molar-refractivity contribution in [3.8, 4) is 0 Å². The second-order valence-electron chi connectivity index (χ2n) is 2.11. The fourth-order valence-corrected chi connectivity index (χ4v) is 0.402. The van der Waals surface area contributed by atoms with Crippen molar-refractivity contribution in [2.45, 2.75) is 19.1 Å². The fraction of sp³-hybridized carbons (Fsp3) is 1.00. The van der Waals surface area contributed by atoms with Crippen LogP contribution in [0.15, 0.2) is 0 Å². The lowest BCUT2D eigenvalue weighted by atomic mass is 10.2. The molecule has 0 rings (SSSR count). The van der Waals surface area contributed by atoms with Gasteiger partial charge in [-0.15, -0.1) is 0 Å². The number of ether oxygens (including phenoxy) is 1. The number of rotatable bonds is 5. The van der Waals surface area contributed by atoms with Crippen LogP contribution >= 0.6 is 0 Å². The third kappa shape index (κ3) is 4.69. The standard InChI is InChI=1S/C6H14O4/c1-2-6(8,9)5-10-4-3-7/h7-9H,2-5H2,1H3. The highest BCUT2D eigenvalue weighted by atomic mass is 16.6. The Kier molecular flexibility index (Phi) is 4.55. The molecule has 0 aromatic rings. The van der Waals surface area contributed by atoms with Crippen molar-refractivity contribution in [3.05, 3.63) is 0 Å². The van der Waals surface area contributed by atoms with Crippen LogP contribution in [0.3, 0.4) is 0 Å². The van der Waals surface area contributed by atoms with Gasteiger partial charge < -0.3 is 20.1 Å². The summed E-state index contributed by atoms with van der Waals surface area (Å²) in [6.45, 7) is 1.54. The Bertz CT molecular complexity index is 81.8. The van der Waals surface area contributed by atoms with Gasteiger partial charge in [0, 0.05) is 6.42 Å². The van der Waals surface area contributed by atoms with Gasteiger partial charge in [-0.25, -0.2) is 0 Å². The van der Waals surface area contributed by atoms with E-state index in [-0.39, 0.29) is 26.2 Å².